The van der Waals surface area contributed by atoms with Crippen LogP contribution in [0.2, 0.25) is 0 Å². The van der Waals surface area contributed by atoms with Gasteiger partial charge in [0, 0.05) is 4.90 Å². The fourth-order valence-electron chi connectivity index (χ4n) is 1.96. The highest BCUT2D eigenvalue weighted by molar-refractivity contribution is 8.00. The predicted molar refractivity (Wildman–Crippen MR) is 90.0 cm³/mol. The second-order valence-corrected chi connectivity index (χ2v) is 6.54. The molecule has 0 fully saturated rings. The number of aryl methyl sites for hydroxylation is 2. The summed E-state index contributed by atoms with van der Waals surface area (Å²) in [5.74, 6) is -0.215. The molecule has 0 saturated heterocycles. The van der Waals surface area contributed by atoms with E-state index in [1.165, 1.54) is 30.0 Å². The number of thioether (sulfide) groups is 1. The molecule has 122 valence electrons. The van der Waals surface area contributed by atoms with E-state index >= 15 is 0 Å². The largest absolute Gasteiger partial charge is 0.467 e. The van der Waals surface area contributed by atoms with Gasteiger partial charge in [0.1, 0.15) is 6.04 Å². The molecule has 0 aliphatic rings. The van der Waals surface area contributed by atoms with Crippen molar-refractivity contribution in [1.82, 2.24) is 5.32 Å². The van der Waals surface area contributed by atoms with Crippen LogP contribution < -0.4 is 5.32 Å². The molecule has 1 aromatic carbocycles. The summed E-state index contributed by atoms with van der Waals surface area (Å²) in [6.45, 7) is 8.02. The molecule has 0 aliphatic heterocycles. The van der Waals surface area contributed by atoms with E-state index in [4.69, 9.17) is 4.74 Å². The lowest BCUT2D eigenvalue weighted by atomic mass is 9.99. The summed E-state index contributed by atoms with van der Waals surface area (Å²) in [4.78, 5) is 24.9. The van der Waals surface area contributed by atoms with E-state index in [-0.39, 0.29) is 23.5 Å². The van der Waals surface area contributed by atoms with Crippen LogP contribution in [-0.2, 0) is 14.3 Å². The van der Waals surface area contributed by atoms with Gasteiger partial charge in [-0.05, 0) is 43.0 Å². The van der Waals surface area contributed by atoms with Crippen LogP contribution in [0.1, 0.15) is 31.4 Å². The van der Waals surface area contributed by atoms with Gasteiger partial charge in [-0.1, -0.05) is 26.3 Å². The minimum atomic E-state index is -0.581. The standard InChI is InChI=1S/C17H25NO3S/c1-6-11(2)16(17(20)21-5)18-15(19)10-22-14-8-7-12(3)13(4)9-14/h7-9,11,16H,6,10H2,1-5H3,(H,18,19)/t11-,16-/m0/s1. The van der Waals surface area contributed by atoms with E-state index in [1.807, 2.05) is 26.0 Å². The summed E-state index contributed by atoms with van der Waals surface area (Å²) in [7, 11) is 1.34. The maximum atomic E-state index is 12.1. The van der Waals surface area contributed by atoms with Gasteiger partial charge in [-0.25, -0.2) is 4.79 Å². The van der Waals surface area contributed by atoms with Crippen molar-refractivity contribution in [3.8, 4) is 0 Å². The Hall–Kier alpha value is -1.49. The van der Waals surface area contributed by atoms with Crippen molar-refractivity contribution >= 4 is 23.6 Å². The maximum Gasteiger partial charge on any atom is 0.328 e. The number of benzene rings is 1. The summed E-state index contributed by atoms with van der Waals surface area (Å²) in [6, 6.07) is 5.54. The van der Waals surface area contributed by atoms with Gasteiger partial charge in [0.15, 0.2) is 0 Å². The highest BCUT2D eigenvalue weighted by Crippen LogP contribution is 2.21. The van der Waals surface area contributed by atoms with Crippen molar-refractivity contribution in [3.63, 3.8) is 0 Å². The first-order valence-electron chi connectivity index (χ1n) is 7.46. The smallest absolute Gasteiger partial charge is 0.328 e. The Kier molecular flexibility index (Phi) is 7.45. The molecule has 22 heavy (non-hydrogen) atoms. The molecule has 0 aromatic heterocycles. The molecule has 1 aromatic rings. The Balaban J connectivity index is 2.60. The number of hydrogen-bond donors (Lipinski definition) is 1. The summed E-state index contributed by atoms with van der Waals surface area (Å²) < 4.78 is 4.77. The highest BCUT2D eigenvalue weighted by Gasteiger charge is 2.26. The van der Waals surface area contributed by atoms with Crippen LogP contribution in [0.15, 0.2) is 23.1 Å². The van der Waals surface area contributed by atoms with Crippen LogP contribution in [0, 0.1) is 19.8 Å². The zero-order valence-corrected chi connectivity index (χ0v) is 14.8. The number of carbonyl (C=O) groups is 2. The normalized spacial score (nSPS) is 13.3. The van der Waals surface area contributed by atoms with Crippen LogP contribution in [0.5, 0.6) is 0 Å². The van der Waals surface area contributed by atoms with E-state index < -0.39 is 6.04 Å². The van der Waals surface area contributed by atoms with E-state index in [9.17, 15) is 9.59 Å². The maximum absolute atomic E-state index is 12.1. The molecule has 0 radical (unpaired) electrons. The molecule has 0 heterocycles. The van der Waals surface area contributed by atoms with Crippen LogP contribution in [-0.4, -0.2) is 30.8 Å². The van der Waals surface area contributed by atoms with Gasteiger partial charge in [-0.3, -0.25) is 4.79 Å². The molecule has 1 rings (SSSR count). The SMILES string of the molecule is CC[C@H](C)[C@H](NC(=O)CSc1ccc(C)c(C)c1)C(=O)OC. The first-order chi connectivity index (χ1) is 10.4. The lowest BCUT2D eigenvalue weighted by Crippen LogP contribution is -2.46. The molecule has 0 aliphatic carbocycles. The fourth-order valence-corrected chi connectivity index (χ4v) is 2.77. The van der Waals surface area contributed by atoms with Crippen molar-refractivity contribution < 1.29 is 14.3 Å². The molecular weight excluding hydrogens is 298 g/mol. The summed E-state index contributed by atoms with van der Waals surface area (Å²) in [6.07, 6.45) is 0.796. The van der Waals surface area contributed by atoms with Gasteiger partial charge in [-0.2, -0.15) is 0 Å². The number of nitrogens with one attached hydrogen (secondary N) is 1. The van der Waals surface area contributed by atoms with Gasteiger partial charge in [0.2, 0.25) is 5.91 Å². The number of carbonyl (C=O) groups excluding carboxylic acids is 2. The van der Waals surface area contributed by atoms with E-state index in [0.29, 0.717) is 0 Å². The summed E-state index contributed by atoms with van der Waals surface area (Å²) in [5.41, 5.74) is 2.44. The lowest BCUT2D eigenvalue weighted by molar-refractivity contribution is -0.146. The van der Waals surface area contributed by atoms with Crippen molar-refractivity contribution in [2.75, 3.05) is 12.9 Å². The van der Waals surface area contributed by atoms with Gasteiger partial charge < -0.3 is 10.1 Å². The molecule has 0 unspecified atom stereocenters. The number of ether oxygens (including phenoxy) is 1. The number of esters is 1. The summed E-state index contributed by atoms with van der Waals surface area (Å²) in [5, 5.41) is 2.78. The third-order valence-corrected chi connectivity index (χ3v) is 4.83. The van der Waals surface area contributed by atoms with E-state index in [0.717, 1.165) is 11.3 Å². The van der Waals surface area contributed by atoms with Crippen molar-refractivity contribution in [1.29, 1.82) is 0 Å². The zero-order valence-electron chi connectivity index (χ0n) is 13.9. The molecule has 0 spiro atoms. The molecule has 0 saturated carbocycles. The molecule has 1 amide bonds. The minimum absolute atomic E-state index is 0.0445. The lowest BCUT2D eigenvalue weighted by Gasteiger charge is -2.21. The molecule has 4 nitrogen and oxygen atoms in total. The fraction of sp³-hybridized carbons (Fsp3) is 0.529. The Morgan fingerprint density at radius 3 is 2.50 bits per heavy atom. The average molecular weight is 323 g/mol. The first kappa shape index (κ1) is 18.6. The number of hydrogen-bond acceptors (Lipinski definition) is 4. The van der Waals surface area contributed by atoms with Gasteiger partial charge in [0.05, 0.1) is 12.9 Å². The Bertz CT molecular complexity index is 531. The van der Waals surface area contributed by atoms with E-state index in [2.05, 4.69) is 25.2 Å². The van der Waals surface area contributed by atoms with E-state index in [1.54, 1.807) is 0 Å². The van der Waals surface area contributed by atoms with Crippen LogP contribution in [0.25, 0.3) is 0 Å². The highest BCUT2D eigenvalue weighted by atomic mass is 32.2. The second-order valence-electron chi connectivity index (χ2n) is 5.49. The molecule has 1 N–H and O–H groups in total. The van der Waals surface area contributed by atoms with Crippen molar-refractivity contribution in [2.24, 2.45) is 5.92 Å². The summed E-state index contributed by atoms with van der Waals surface area (Å²) >= 11 is 1.47. The predicted octanol–water partition coefficient (Wildman–Crippen LogP) is 3.10. The first-order valence-corrected chi connectivity index (χ1v) is 8.44. The molecule has 5 heteroatoms. The monoisotopic (exact) mass is 323 g/mol. The number of rotatable bonds is 7. The van der Waals surface area contributed by atoms with Gasteiger partial charge in [-0.15, -0.1) is 11.8 Å². The van der Waals surface area contributed by atoms with Gasteiger partial charge in [0.25, 0.3) is 0 Å². The molecular formula is C17H25NO3S. The topological polar surface area (TPSA) is 55.4 Å². The van der Waals surface area contributed by atoms with Crippen LogP contribution >= 0.6 is 11.8 Å². The van der Waals surface area contributed by atoms with Gasteiger partial charge >= 0.3 is 5.97 Å². The number of methoxy groups -OCH3 is 1. The average Bonchev–Trinajstić information content (AvgIpc) is 2.52. The van der Waals surface area contributed by atoms with Crippen molar-refractivity contribution in [3.05, 3.63) is 29.3 Å². The zero-order chi connectivity index (χ0) is 16.7. The Labute approximate surface area is 137 Å². The molecule has 2 atom stereocenters. The Morgan fingerprint density at radius 2 is 1.95 bits per heavy atom. The third-order valence-electron chi connectivity index (χ3n) is 3.83. The second kappa shape index (κ2) is 8.83. The van der Waals surface area contributed by atoms with Crippen molar-refractivity contribution in [2.45, 2.75) is 45.1 Å². The van der Waals surface area contributed by atoms with Crippen LogP contribution in [0.3, 0.4) is 0 Å². The Morgan fingerprint density at radius 1 is 1.27 bits per heavy atom. The van der Waals surface area contributed by atoms with Crippen LogP contribution in [0.4, 0.5) is 0 Å². The third kappa shape index (κ3) is 5.37. The number of amides is 1. The minimum Gasteiger partial charge on any atom is -0.467 e. The molecule has 0 bridgehead atoms. The quantitative estimate of drug-likeness (QED) is 0.619.